The smallest absolute Gasteiger partial charge is 0.288 e. The summed E-state index contributed by atoms with van der Waals surface area (Å²) in [4.78, 5) is 2.50. The SMILES string of the molecule is Fc1cc(-c2nn(CN3CCCCC3)c(=S)o2)c(Cl)cc1Cl. The van der Waals surface area contributed by atoms with Crippen molar-refractivity contribution in [1.82, 2.24) is 14.7 Å². The van der Waals surface area contributed by atoms with Crippen LogP contribution in [-0.4, -0.2) is 27.8 Å². The van der Waals surface area contributed by atoms with Gasteiger partial charge in [-0.2, -0.15) is 0 Å². The predicted octanol–water partition coefficient (Wildman–Crippen LogP) is 4.76. The first-order valence-electron chi connectivity index (χ1n) is 7.00. The van der Waals surface area contributed by atoms with Gasteiger partial charge in [0.2, 0.25) is 5.89 Å². The van der Waals surface area contributed by atoms with Gasteiger partial charge in [0, 0.05) is 0 Å². The minimum absolute atomic E-state index is 0.0416. The molecule has 4 nitrogen and oxygen atoms in total. The van der Waals surface area contributed by atoms with Crippen LogP contribution in [-0.2, 0) is 6.67 Å². The Morgan fingerprint density at radius 2 is 1.91 bits per heavy atom. The van der Waals surface area contributed by atoms with Crippen molar-refractivity contribution in [3.8, 4) is 11.5 Å². The normalized spacial score (nSPS) is 16.1. The highest BCUT2D eigenvalue weighted by Gasteiger charge is 2.17. The van der Waals surface area contributed by atoms with Crippen LogP contribution in [0.25, 0.3) is 11.5 Å². The highest BCUT2D eigenvalue weighted by Crippen LogP contribution is 2.31. The van der Waals surface area contributed by atoms with Crippen LogP contribution < -0.4 is 0 Å². The third-order valence-corrected chi connectivity index (χ3v) is 4.53. The first-order valence-corrected chi connectivity index (χ1v) is 8.16. The summed E-state index contributed by atoms with van der Waals surface area (Å²) in [7, 11) is 0. The molecule has 0 bridgehead atoms. The molecular weight excluding hydrogens is 348 g/mol. The van der Waals surface area contributed by atoms with Gasteiger partial charge < -0.3 is 4.42 Å². The minimum atomic E-state index is -0.576. The second kappa shape index (κ2) is 6.66. The lowest BCUT2D eigenvalue weighted by Gasteiger charge is -2.25. The number of hydrogen-bond acceptors (Lipinski definition) is 4. The van der Waals surface area contributed by atoms with E-state index >= 15 is 0 Å². The first kappa shape index (κ1) is 15.9. The average Bonchev–Trinajstić information content (AvgIpc) is 2.85. The highest BCUT2D eigenvalue weighted by atomic mass is 35.5. The number of likely N-dealkylation sites (tertiary alicyclic amines) is 1. The van der Waals surface area contributed by atoms with Crippen LogP contribution in [0.4, 0.5) is 4.39 Å². The zero-order chi connectivity index (χ0) is 15.7. The lowest BCUT2D eigenvalue weighted by Crippen LogP contribution is -2.32. The molecule has 22 heavy (non-hydrogen) atoms. The summed E-state index contributed by atoms with van der Waals surface area (Å²) in [5, 5.41) is 4.55. The third kappa shape index (κ3) is 3.35. The van der Waals surface area contributed by atoms with Crippen LogP contribution in [0.3, 0.4) is 0 Å². The number of piperidine rings is 1. The van der Waals surface area contributed by atoms with E-state index < -0.39 is 5.82 Å². The number of aromatic nitrogens is 2. The molecule has 0 N–H and O–H groups in total. The van der Waals surface area contributed by atoms with E-state index in [1.807, 2.05) is 0 Å². The van der Waals surface area contributed by atoms with Crippen LogP contribution in [0, 0.1) is 10.7 Å². The monoisotopic (exact) mass is 361 g/mol. The number of hydrogen-bond donors (Lipinski definition) is 0. The van der Waals surface area contributed by atoms with Crippen LogP contribution in [0.2, 0.25) is 10.0 Å². The van der Waals surface area contributed by atoms with E-state index in [4.69, 9.17) is 39.8 Å². The summed E-state index contributed by atoms with van der Waals surface area (Å²) in [6.07, 6.45) is 3.60. The van der Waals surface area contributed by atoms with Gasteiger partial charge in [-0.3, -0.25) is 4.90 Å². The number of halogens is 3. The Bertz CT molecular complexity index is 740. The molecule has 0 radical (unpaired) electrons. The van der Waals surface area contributed by atoms with Gasteiger partial charge in [0.05, 0.1) is 22.3 Å². The number of benzene rings is 1. The highest BCUT2D eigenvalue weighted by molar-refractivity contribution is 7.71. The van der Waals surface area contributed by atoms with E-state index in [-0.39, 0.29) is 20.8 Å². The Morgan fingerprint density at radius 3 is 2.64 bits per heavy atom. The van der Waals surface area contributed by atoms with Gasteiger partial charge in [0.25, 0.3) is 4.84 Å². The van der Waals surface area contributed by atoms with E-state index in [9.17, 15) is 4.39 Å². The maximum atomic E-state index is 13.6. The van der Waals surface area contributed by atoms with Gasteiger partial charge in [-0.25, -0.2) is 9.07 Å². The fourth-order valence-corrected chi connectivity index (χ4v) is 3.12. The summed E-state index contributed by atoms with van der Waals surface area (Å²) in [5.74, 6) is -0.379. The van der Waals surface area contributed by atoms with E-state index in [2.05, 4.69) is 10.00 Å². The topological polar surface area (TPSA) is 34.2 Å². The molecule has 0 unspecified atom stereocenters. The molecule has 8 heteroatoms. The van der Waals surface area contributed by atoms with Crippen molar-refractivity contribution in [1.29, 1.82) is 0 Å². The molecule has 0 atom stereocenters. The molecular formula is C14H14Cl2FN3OS. The Kier molecular flexibility index (Phi) is 4.82. The second-order valence-corrected chi connectivity index (χ2v) is 6.40. The maximum absolute atomic E-state index is 13.6. The quantitative estimate of drug-likeness (QED) is 0.582. The average molecular weight is 362 g/mol. The molecule has 118 valence electrons. The van der Waals surface area contributed by atoms with Crippen LogP contribution in [0.5, 0.6) is 0 Å². The molecule has 3 rings (SSSR count). The molecule has 1 saturated heterocycles. The van der Waals surface area contributed by atoms with Crippen molar-refractivity contribution >= 4 is 35.4 Å². The van der Waals surface area contributed by atoms with Gasteiger partial charge in [-0.05, 0) is 50.3 Å². The number of rotatable bonds is 3. The summed E-state index contributed by atoms with van der Waals surface area (Å²) < 4.78 is 20.7. The molecule has 1 aromatic carbocycles. The van der Waals surface area contributed by atoms with E-state index in [1.54, 1.807) is 4.68 Å². The fourth-order valence-electron chi connectivity index (χ4n) is 2.48. The Hall–Kier alpha value is -0.950. The van der Waals surface area contributed by atoms with Crippen molar-refractivity contribution in [2.24, 2.45) is 0 Å². The van der Waals surface area contributed by atoms with Crippen molar-refractivity contribution in [3.63, 3.8) is 0 Å². The standard InChI is InChI=1S/C14H14Cl2FN3OS/c15-10-7-11(16)12(17)6-9(10)13-18-20(14(22)21-13)8-19-4-2-1-3-5-19/h6-7H,1-5,8H2. The Balaban J connectivity index is 1.88. The third-order valence-electron chi connectivity index (χ3n) is 3.63. The lowest BCUT2D eigenvalue weighted by atomic mass is 10.1. The van der Waals surface area contributed by atoms with Gasteiger partial charge in [0.15, 0.2) is 0 Å². The predicted molar refractivity (Wildman–Crippen MR) is 86.2 cm³/mol. The Morgan fingerprint density at radius 1 is 1.18 bits per heavy atom. The lowest BCUT2D eigenvalue weighted by molar-refractivity contribution is 0.170. The van der Waals surface area contributed by atoms with Crippen molar-refractivity contribution in [2.75, 3.05) is 13.1 Å². The van der Waals surface area contributed by atoms with E-state index in [0.717, 1.165) is 13.1 Å². The van der Waals surface area contributed by atoms with Gasteiger partial charge in [0.1, 0.15) is 5.82 Å². The molecule has 1 aliphatic heterocycles. The summed E-state index contributed by atoms with van der Waals surface area (Å²) in [6, 6.07) is 2.53. The fraction of sp³-hybridized carbons (Fsp3) is 0.429. The first-order chi connectivity index (χ1) is 10.5. The van der Waals surface area contributed by atoms with E-state index in [1.165, 1.54) is 31.4 Å². The van der Waals surface area contributed by atoms with Crippen LogP contribution >= 0.6 is 35.4 Å². The van der Waals surface area contributed by atoms with Crippen LogP contribution in [0.15, 0.2) is 16.5 Å². The molecule has 1 aliphatic rings. The molecule has 0 spiro atoms. The molecule has 1 aromatic heterocycles. The maximum Gasteiger partial charge on any atom is 0.288 e. The number of nitrogens with zero attached hydrogens (tertiary/aromatic N) is 3. The van der Waals surface area contributed by atoms with Crippen molar-refractivity contribution in [3.05, 3.63) is 32.8 Å². The zero-order valence-corrected chi connectivity index (χ0v) is 14.0. The van der Waals surface area contributed by atoms with Gasteiger partial charge in [-0.15, -0.1) is 5.10 Å². The molecule has 1 fully saturated rings. The molecule has 0 aliphatic carbocycles. The molecule has 0 saturated carbocycles. The van der Waals surface area contributed by atoms with Crippen molar-refractivity contribution in [2.45, 2.75) is 25.9 Å². The summed E-state index contributed by atoms with van der Waals surface area (Å²) in [6.45, 7) is 2.59. The largest absolute Gasteiger partial charge is 0.409 e. The summed E-state index contributed by atoms with van der Waals surface area (Å²) in [5.41, 5.74) is 0.340. The second-order valence-electron chi connectivity index (χ2n) is 5.24. The van der Waals surface area contributed by atoms with Crippen LogP contribution in [0.1, 0.15) is 19.3 Å². The molecule has 0 amide bonds. The minimum Gasteiger partial charge on any atom is -0.409 e. The van der Waals surface area contributed by atoms with E-state index in [0.29, 0.717) is 12.2 Å². The van der Waals surface area contributed by atoms with Gasteiger partial charge >= 0.3 is 0 Å². The molecule has 2 aromatic rings. The van der Waals surface area contributed by atoms with Gasteiger partial charge in [-0.1, -0.05) is 29.6 Å². The Labute approximate surface area is 142 Å². The molecule has 2 heterocycles. The summed E-state index contributed by atoms with van der Waals surface area (Å²) >= 11 is 17.0. The zero-order valence-electron chi connectivity index (χ0n) is 11.7. The van der Waals surface area contributed by atoms with Crippen molar-refractivity contribution < 1.29 is 8.81 Å².